The van der Waals surface area contributed by atoms with Gasteiger partial charge in [0.05, 0.1) is 11.1 Å². The molecule has 0 saturated heterocycles. The van der Waals surface area contributed by atoms with Gasteiger partial charge in [-0.15, -0.1) is 0 Å². The summed E-state index contributed by atoms with van der Waals surface area (Å²) in [5.41, 5.74) is -4.95. The van der Waals surface area contributed by atoms with E-state index in [0.29, 0.717) is 6.08 Å². The van der Waals surface area contributed by atoms with Gasteiger partial charge in [-0.05, 0) is 0 Å². The fraction of sp³-hybridized carbons (Fsp3) is 0.556. The molecule has 0 aromatic carbocycles. The van der Waals surface area contributed by atoms with E-state index in [1.807, 2.05) is 0 Å². The first-order valence-electron chi connectivity index (χ1n) is 4.54. The number of hydrogen-bond donors (Lipinski definition) is 0. The molecule has 0 aliphatic heterocycles. The molecule has 0 amide bonds. The minimum Gasteiger partial charge on any atom is -0.170 e. The molecule has 0 bridgehead atoms. The van der Waals surface area contributed by atoms with Crippen LogP contribution >= 0.6 is 15.9 Å². The summed E-state index contributed by atoms with van der Waals surface area (Å²) in [5, 5.41) is 0. The Bertz CT molecular complexity index is 409. The van der Waals surface area contributed by atoms with Crippen LogP contribution in [-0.4, -0.2) is 23.4 Å². The van der Waals surface area contributed by atoms with Crippen LogP contribution in [-0.2, 0) is 0 Å². The zero-order chi connectivity index (χ0) is 15.2. The normalized spacial score (nSPS) is 26.0. The third kappa shape index (κ3) is 3.46. The number of allylic oxidation sites excluding steroid dienone is 4. The van der Waals surface area contributed by atoms with E-state index in [1.54, 1.807) is 0 Å². The molecular formula is C9H4BrF9. The summed E-state index contributed by atoms with van der Waals surface area (Å²) in [4.78, 5) is -1.91. The van der Waals surface area contributed by atoms with Crippen molar-refractivity contribution in [1.29, 1.82) is 0 Å². The lowest BCUT2D eigenvalue weighted by Gasteiger charge is -2.32. The quantitative estimate of drug-likeness (QED) is 0.424. The second-order valence-corrected chi connectivity index (χ2v) is 4.70. The standard InChI is InChI=1S/C9H4BrF9/c10-4-2-1-3(7(11,12)13)5(8(14,15)16)6(4)9(17,18)19/h1-2,4,6H. The highest BCUT2D eigenvalue weighted by Gasteiger charge is 2.58. The Balaban J connectivity index is 3.56. The van der Waals surface area contributed by atoms with Crippen molar-refractivity contribution < 1.29 is 39.5 Å². The van der Waals surface area contributed by atoms with Crippen molar-refractivity contribution in [3.63, 3.8) is 0 Å². The van der Waals surface area contributed by atoms with Crippen LogP contribution in [0.5, 0.6) is 0 Å². The maximum Gasteiger partial charge on any atom is 0.416 e. The van der Waals surface area contributed by atoms with Gasteiger partial charge in [-0.1, -0.05) is 28.1 Å². The average Bonchev–Trinajstić information content (AvgIpc) is 2.11. The summed E-state index contributed by atoms with van der Waals surface area (Å²) in [6.45, 7) is 0. The van der Waals surface area contributed by atoms with Crippen LogP contribution in [0.2, 0.25) is 0 Å². The Hall–Kier alpha value is -0.670. The van der Waals surface area contributed by atoms with Crippen molar-refractivity contribution >= 4 is 15.9 Å². The Kier molecular flexibility index (Phi) is 4.06. The number of halogens is 10. The lowest BCUT2D eigenvalue weighted by molar-refractivity contribution is -0.187. The Morgan fingerprint density at radius 3 is 1.63 bits per heavy atom. The summed E-state index contributed by atoms with van der Waals surface area (Å²) in [5.74, 6) is -3.30. The van der Waals surface area contributed by atoms with E-state index in [4.69, 9.17) is 0 Å². The average molecular weight is 363 g/mol. The molecule has 1 aliphatic rings. The van der Waals surface area contributed by atoms with Crippen LogP contribution in [0.3, 0.4) is 0 Å². The molecule has 0 aromatic heterocycles. The van der Waals surface area contributed by atoms with Crippen molar-refractivity contribution in [2.24, 2.45) is 5.92 Å². The first kappa shape index (κ1) is 16.4. The van der Waals surface area contributed by atoms with E-state index in [-0.39, 0.29) is 6.08 Å². The van der Waals surface area contributed by atoms with E-state index in [9.17, 15) is 39.5 Å². The lowest BCUT2D eigenvalue weighted by Crippen LogP contribution is -2.41. The summed E-state index contributed by atoms with van der Waals surface area (Å²) in [6.07, 6.45) is -16.3. The van der Waals surface area contributed by atoms with Gasteiger partial charge in [0, 0.05) is 4.83 Å². The number of hydrogen-bond acceptors (Lipinski definition) is 0. The minimum atomic E-state index is -5.73. The van der Waals surface area contributed by atoms with Crippen LogP contribution in [0, 0.1) is 5.92 Å². The smallest absolute Gasteiger partial charge is 0.170 e. The molecule has 2 atom stereocenters. The first-order chi connectivity index (χ1) is 8.26. The zero-order valence-corrected chi connectivity index (χ0v) is 10.2. The van der Waals surface area contributed by atoms with E-state index >= 15 is 0 Å². The van der Waals surface area contributed by atoms with Gasteiger partial charge in [0.2, 0.25) is 0 Å². The highest BCUT2D eigenvalue weighted by Crippen LogP contribution is 2.50. The summed E-state index contributed by atoms with van der Waals surface area (Å²) in [7, 11) is 0. The SMILES string of the molecule is FC(F)(F)C1=C(C(F)(F)F)C(C(F)(F)F)C(Br)C=C1. The molecular weight excluding hydrogens is 359 g/mol. The Labute approximate surface area is 109 Å². The molecule has 0 spiro atoms. The fourth-order valence-electron chi connectivity index (χ4n) is 1.64. The van der Waals surface area contributed by atoms with Gasteiger partial charge in [-0.3, -0.25) is 0 Å². The molecule has 0 radical (unpaired) electrons. The summed E-state index contributed by atoms with van der Waals surface area (Å²) < 4.78 is 113. The number of rotatable bonds is 0. The maximum absolute atomic E-state index is 12.6. The fourth-order valence-corrected chi connectivity index (χ4v) is 2.35. The van der Waals surface area contributed by atoms with Crippen molar-refractivity contribution in [3.8, 4) is 0 Å². The summed E-state index contributed by atoms with van der Waals surface area (Å²) >= 11 is 2.31. The van der Waals surface area contributed by atoms with E-state index in [2.05, 4.69) is 15.9 Å². The minimum absolute atomic E-state index is 0.00444. The second kappa shape index (κ2) is 4.71. The maximum atomic E-state index is 12.6. The highest BCUT2D eigenvalue weighted by molar-refractivity contribution is 9.09. The second-order valence-electron chi connectivity index (χ2n) is 3.65. The van der Waals surface area contributed by atoms with Gasteiger partial charge in [0.25, 0.3) is 0 Å². The van der Waals surface area contributed by atoms with Crippen molar-refractivity contribution in [2.75, 3.05) is 0 Å². The largest absolute Gasteiger partial charge is 0.416 e. The van der Waals surface area contributed by atoms with Crippen LogP contribution in [0.4, 0.5) is 39.5 Å². The molecule has 110 valence electrons. The van der Waals surface area contributed by atoms with Gasteiger partial charge in [-0.2, -0.15) is 39.5 Å². The third-order valence-electron chi connectivity index (χ3n) is 2.33. The molecule has 0 N–H and O–H groups in total. The molecule has 19 heavy (non-hydrogen) atoms. The third-order valence-corrected chi connectivity index (χ3v) is 3.16. The molecule has 1 aliphatic carbocycles. The highest BCUT2D eigenvalue weighted by atomic mass is 79.9. The molecule has 1 rings (SSSR count). The predicted octanol–water partition coefficient (Wildman–Crippen LogP) is 4.92. The van der Waals surface area contributed by atoms with Crippen LogP contribution in [0.1, 0.15) is 0 Å². The van der Waals surface area contributed by atoms with E-state index in [0.717, 1.165) is 0 Å². The topological polar surface area (TPSA) is 0 Å². The van der Waals surface area contributed by atoms with Crippen LogP contribution in [0.15, 0.2) is 23.3 Å². The van der Waals surface area contributed by atoms with Crippen molar-refractivity contribution in [3.05, 3.63) is 23.3 Å². The first-order valence-corrected chi connectivity index (χ1v) is 5.45. The van der Waals surface area contributed by atoms with Gasteiger partial charge < -0.3 is 0 Å². The molecule has 0 saturated carbocycles. The van der Waals surface area contributed by atoms with Crippen LogP contribution < -0.4 is 0 Å². The summed E-state index contributed by atoms with van der Waals surface area (Å²) in [6, 6.07) is 0. The van der Waals surface area contributed by atoms with Gasteiger partial charge in [0.15, 0.2) is 0 Å². The molecule has 0 aromatic rings. The Morgan fingerprint density at radius 2 is 1.32 bits per heavy atom. The van der Waals surface area contributed by atoms with Crippen LogP contribution in [0.25, 0.3) is 0 Å². The van der Waals surface area contributed by atoms with E-state index in [1.165, 1.54) is 0 Å². The Morgan fingerprint density at radius 1 is 0.842 bits per heavy atom. The zero-order valence-electron chi connectivity index (χ0n) is 8.59. The molecule has 2 unspecified atom stereocenters. The monoisotopic (exact) mass is 362 g/mol. The van der Waals surface area contributed by atoms with Gasteiger partial charge >= 0.3 is 18.5 Å². The molecule has 0 nitrogen and oxygen atoms in total. The molecule has 10 heteroatoms. The number of alkyl halides is 10. The lowest BCUT2D eigenvalue weighted by atomic mass is 9.85. The van der Waals surface area contributed by atoms with Crippen molar-refractivity contribution in [2.45, 2.75) is 23.4 Å². The van der Waals surface area contributed by atoms with Gasteiger partial charge in [0.1, 0.15) is 5.92 Å². The molecule has 0 heterocycles. The molecule has 0 fully saturated rings. The predicted molar refractivity (Wildman–Crippen MR) is 50.5 cm³/mol. The van der Waals surface area contributed by atoms with Crippen molar-refractivity contribution in [1.82, 2.24) is 0 Å². The van der Waals surface area contributed by atoms with Gasteiger partial charge in [-0.25, -0.2) is 0 Å². The van der Waals surface area contributed by atoms with E-state index < -0.39 is 40.4 Å².